The number of para-hydroxylation sites is 1. The van der Waals surface area contributed by atoms with Gasteiger partial charge in [0.2, 0.25) is 5.91 Å². The van der Waals surface area contributed by atoms with Gasteiger partial charge in [-0.1, -0.05) is 68.2 Å². The molecule has 2 aromatic carbocycles. The molecular weight excluding hydrogens is 423 g/mol. The van der Waals surface area contributed by atoms with Gasteiger partial charge in [0.05, 0.1) is 0 Å². The van der Waals surface area contributed by atoms with Crippen LogP contribution in [-0.4, -0.2) is 36.4 Å². The average molecular weight is 451 g/mol. The molecule has 5 nitrogen and oxygen atoms in total. The molecule has 0 bridgehead atoms. The maximum Gasteiger partial charge on any atom is 0.261 e. The Morgan fingerprint density at radius 3 is 2.23 bits per heavy atom. The van der Waals surface area contributed by atoms with Crippen LogP contribution in [-0.2, 0) is 21.5 Å². The summed E-state index contributed by atoms with van der Waals surface area (Å²) in [6.07, 6.45) is 0. The number of hydrogen-bond acceptors (Lipinski definition) is 3. The van der Waals surface area contributed by atoms with E-state index in [-0.39, 0.29) is 30.4 Å². The molecule has 0 spiro atoms. The summed E-state index contributed by atoms with van der Waals surface area (Å²) in [6.45, 7) is 7.78. The summed E-state index contributed by atoms with van der Waals surface area (Å²) in [6, 6.07) is 12.0. The zero-order chi connectivity index (χ0) is 22.5. The molecule has 2 aromatic rings. The molecule has 0 aromatic heterocycles. The first kappa shape index (κ1) is 24.0. The van der Waals surface area contributed by atoms with Crippen molar-refractivity contribution in [3.63, 3.8) is 0 Å². The van der Waals surface area contributed by atoms with E-state index in [1.165, 1.54) is 11.9 Å². The Bertz CT molecular complexity index is 889. The molecule has 30 heavy (non-hydrogen) atoms. The van der Waals surface area contributed by atoms with E-state index in [0.717, 1.165) is 5.56 Å². The summed E-state index contributed by atoms with van der Waals surface area (Å²) in [5, 5.41) is 3.45. The lowest BCUT2D eigenvalue weighted by Gasteiger charge is -2.29. The molecule has 2 amide bonds. The summed E-state index contributed by atoms with van der Waals surface area (Å²) in [5.41, 5.74) is 1.44. The Morgan fingerprint density at radius 2 is 1.67 bits per heavy atom. The van der Waals surface area contributed by atoms with Gasteiger partial charge in [-0.05, 0) is 36.1 Å². The molecule has 7 heteroatoms. The lowest BCUT2D eigenvalue weighted by atomic mass is 9.86. The first-order valence-corrected chi connectivity index (χ1v) is 10.5. The summed E-state index contributed by atoms with van der Waals surface area (Å²) in [7, 11) is 1.53. The molecule has 162 valence electrons. The Balaban J connectivity index is 2.27. The SMILES string of the molecule is CNC(=O)[C@@H](C)N(Cc1c(Cl)cccc1Cl)C(=O)COc1ccccc1C(C)(C)C. The molecule has 0 aliphatic carbocycles. The van der Waals surface area contributed by atoms with E-state index in [2.05, 4.69) is 26.1 Å². The number of carbonyl (C=O) groups excluding carboxylic acids is 2. The average Bonchev–Trinajstić information content (AvgIpc) is 2.70. The molecule has 0 fully saturated rings. The number of rotatable bonds is 7. The van der Waals surface area contributed by atoms with Gasteiger partial charge in [-0.3, -0.25) is 9.59 Å². The van der Waals surface area contributed by atoms with Crippen molar-refractivity contribution >= 4 is 35.0 Å². The number of likely N-dealkylation sites (N-methyl/N-ethyl adjacent to an activating group) is 1. The summed E-state index contributed by atoms with van der Waals surface area (Å²) >= 11 is 12.6. The smallest absolute Gasteiger partial charge is 0.261 e. The largest absolute Gasteiger partial charge is 0.483 e. The molecule has 0 aliphatic heterocycles. The predicted octanol–water partition coefficient (Wildman–Crippen LogP) is 4.83. The third kappa shape index (κ3) is 5.89. The second kappa shape index (κ2) is 10.2. The van der Waals surface area contributed by atoms with E-state index in [4.69, 9.17) is 27.9 Å². The van der Waals surface area contributed by atoms with Crippen LogP contribution in [0.1, 0.15) is 38.8 Å². The van der Waals surface area contributed by atoms with Crippen LogP contribution in [0.2, 0.25) is 10.0 Å². The highest BCUT2D eigenvalue weighted by molar-refractivity contribution is 6.36. The standard InChI is InChI=1S/C23H28Cl2N2O3/c1-15(22(29)26-5)27(13-16-18(24)10-8-11-19(16)25)21(28)14-30-20-12-7-6-9-17(20)23(2,3)4/h6-12,15H,13-14H2,1-5H3,(H,26,29)/t15-/m1/s1. The molecular formula is C23H28Cl2N2O3. The number of nitrogens with one attached hydrogen (secondary N) is 1. The van der Waals surface area contributed by atoms with Gasteiger partial charge >= 0.3 is 0 Å². The van der Waals surface area contributed by atoms with Gasteiger partial charge in [-0.15, -0.1) is 0 Å². The first-order valence-electron chi connectivity index (χ1n) is 9.72. The van der Waals surface area contributed by atoms with Crippen LogP contribution < -0.4 is 10.1 Å². The van der Waals surface area contributed by atoms with Crippen molar-refractivity contribution in [2.45, 2.75) is 45.7 Å². The molecule has 0 heterocycles. The first-order chi connectivity index (χ1) is 14.1. The molecule has 0 saturated heterocycles. The Kier molecular flexibility index (Phi) is 8.16. The number of halogens is 2. The molecule has 1 N–H and O–H groups in total. The van der Waals surface area contributed by atoms with E-state index < -0.39 is 6.04 Å². The van der Waals surface area contributed by atoms with Crippen LogP contribution in [0.15, 0.2) is 42.5 Å². The van der Waals surface area contributed by atoms with Crippen LogP contribution in [0, 0.1) is 0 Å². The minimum atomic E-state index is -0.726. The van der Waals surface area contributed by atoms with Crippen LogP contribution in [0.3, 0.4) is 0 Å². The number of benzene rings is 2. The van der Waals surface area contributed by atoms with Crippen molar-refractivity contribution in [3.8, 4) is 5.75 Å². The van der Waals surface area contributed by atoms with Gasteiger partial charge in [0, 0.05) is 29.2 Å². The van der Waals surface area contributed by atoms with Crippen molar-refractivity contribution < 1.29 is 14.3 Å². The zero-order valence-electron chi connectivity index (χ0n) is 18.0. The van der Waals surface area contributed by atoms with Crippen molar-refractivity contribution in [1.29, 1.82) is 0 Å². The van der Waals surface area contributed by atoms with Gasteiger partial charge in [-0.25, -0.2) is 0 Å². The number of carbonyl (C=O) groups is 2. The summed E-state index contributed by atoms with van der Waals surface area (Å²) in [5.74, 6) is 0.00842. The summed E-state index contributed by atoms with van der Waals surface area (Å²) < 4.78 is 5.88. The quantitative estimate of drug-likeness (QED) is 0.656. The van der Waals surface area contributed by atoms with Gasteiger partial charge in [0.1, 0.15) is 11.8 Å². The minimum Gasteiger partial charge on any atom is -0.483 e. The molecule has 1 atom stereocenters. The number of ether oxygens (including phenoxy) is 1. The maximum absolute atomic E-state index is 13.1. The van der Waals surface area contributed by atoms with Gasteiger partial charge in [0.15, 0.2) is 6.61 Å². The monoisotopic (exact) mass is 450 g/mol. The van der Waals surface area contributed by atoms with Crippen LogP contribution in [0.25, 0.3) is 0 Å². The van der Waals surface area contributed by atoms with Crippen molar-refractivity contribution in [2.75, 3.05) is 13.7 Å². The lowest BCUT2D eigenvalue weighted by molar-refractivity contribution is -0.142. The third-order valence-corrected chi connectivity index (χ3v) is 5.56. The fourth-order valence-electron chi connectivity index (χ4n) is 3.08. The van der Waals surface area contributed by atoms with Crippen molar-refractivity contribution in [2.24, 2.45) is 0 Å². The van der Waals surface area contributed by atoms with E-state index in [0.29, 0.717) is 21.4 Å². The van der Waals surface area contributed by atoms with E-state index in [1.54, 1.807) is 25.1 Å². The topological polar surface area (TPSA) is 58.6 Å². The highest BCUT2D eigenvalue weighted by atomic mass is 35.5. The fraction of sp³-hybridized carbons (Fsp3) is 0.391. The highest BCUT2D eigenvalue weighted by Crippen LogP contribution is 2.31. The lowest BCUT2D eigenvalue weighted by Crippen LogP contribution is -2.48. The second-order valence-electron chi connectivity index (χ2n) is 8.05. The highest BCUT2D eigenvalue weighted by Gasteiger charge is 2.28. The van der Waals surface area contributed by atoms with Crippen molar-refractivity contribution in [3.05, 3.63) is 63.6 Å². The fourth-order valence-corrected chi connectivity index (χ4v) is 3.60. The van der Waals surface area contributed by atoms with E-state index >= 15 is 0 Å². The third-order valence-electron chi connectivity index (χ3n) is 4.85. The number of hydrogen-bond donors (Lipinski definition) is 1. The Morgan fingerprint density at radius 1 is 1.07 bits per heavy atom. The molecule has 0 unspecified atom stereocenters. The van der Waals surface area contributed by atoms with E-state index in [9.17, 15) is 9.59 Å². The number of amides is 2. The van der Waals surface area contributed by atoms with Crippen LogP contribution in [0.4, 0.5) is 0 Å². The van der Waals surface area contributed by atoms with Crippen LogP contribution in [0.5, 0.6) is 5.75 Å². The van der Waals surface area contributed by atoms with E-state index in [1.807, 2.05) is 24.3 Å². The number of nitrogens with zero attached hydrogens (tertiary/aromatic N) is 1. The van der Waals surface area contributed by atoms with Gasteiger partial charge < -0.3 is 15.0 Å². The Labute approximate surface area is 188 Å². The molecule has 2 rings (SSSR count). The normalized spacial score (nSPS) is 12.2. The van der Waals surface area contributed by atoms with Crippen LogP contribution >= 0.6 is 23.2 Å². The second-order valence-corrected chi connectivity index (χ2v) is 8.86. The summed E-state index contributed by atoms with van der Waals surface area (Å²) in [4.78, 5) is 26.8. The molecule has 0 aliphatic rings. The van der Waals surface area contributed by atoms with Crippen molar-refractivity contribution in [1.82, 2.24) is 10.2 Å². The Hall–Kier alpha value is -2.24. The molecule has 0 radical (unpaired) electrons. The molecule has 0 saturated carbocycles. The zero-order valence-corrected chi connectivity index (χ0v) is 19.5. The minimum absolute atomic E-state index is 0.0935. The predicted molar refractivity (Wildman–Crippen MR) is 121 cm³/mol. The van der Waals surface area contributed by atoms with Gasteiger partial charge in [-0.2, -0.15) is 0 Å². The maximum atomic E-state index is 13.1. The van der Waals surface area contributed by atoms with Gasteiger partial charge in [0.25, 0.3) is 5.91 Å².